The largest absolute Gasteiger partial charge is 0.497 e. The van der Waals surface area contributed by atoms with Crippen LogP contribution in [0.2, 0.25) is 0 Å². The summed E-state index contributed by atoms with van der Waals surface area (Å²) in [5.41, 5.74) is 1.79. The third-order valence-electron chi connectivity index (χ3n) is 2.65. The minimum absolute atomic E-state index is 0.0812. The molecular formula is C15H17NO3. The van der Waals surface area contributed by atoms with Crippen LogP contribution in [0.15, 0.2) is 35.4 Å². The van der Waals surface area contributed by atoms with Gasteiger partial charge in [-0.25, -0.2) is 4.79 Å². The molecule has 0 bridgehead atoms. The van der Waals surface area contributed by atoms with Crippen LogP contribution >= 0.6 is 0 Å². The number of esters is 1. The second-order valence-corrected chi connectivity index (χ2v) is 4.01. The summed E-state index contributed by atoms with van der Waals surface area (Å²) >= 11 is 0. The van der Waals surface area contributed by atoms with Crippen molar-refractivity contribution in [3.63, 3.8) is 0 Å². The zero-order chi connectivity index (χ0) is 14.3. The lowest BCUT2D eigenvalue weighted by atomic mass is 10.0. The van der Waals surface area contributed by atoms with Crippen LogP contribution in [-0.2, 0) is 16.0 Å². The van der Waals surface area contributed by atoms with Gasteiger partial charge in [0.05, 0.1) is 13.7 Å². The highest BCUT2D eigenvalue weighted by Gasteiger charge is 2.13. The Hall–Kier alpha value is -2.28. The summed E-state index contributed by atoms with van der Waals surface area (Å²) in [5, 5.41) is 9.02. The number of ether oxygens (including phenoxy) is 2. The Bertz CT molecular complexity index is 509. The van der Waals surface area contributed by atoms with Crippen LogP contribution in [0.5, 0.6) is 5.75 Å². The number of allylic oxidation sites excluding steroid dienone is 1. The fraction of sp³-hybridized carbons (Fsp3) is 0.333. The third kappa shape index (κ3) is 4.14. The first-order chi connectivity index (χ1) is 9.12. The molecule has 0 aromatic heterocycles. The van der Waals surface area contributed by atoms with Gasteiger partial charge in [-0.15, -0.1) is 0 Å². The van der Waals surface area contributed by atoms with Crippen LogP contribution in [0, 0.1) is 11.3 Å². The molecular weight excluding hydrogens is 242 g/mol. The van der Waals surface area contributed by atoms with Crippen LogP contribution < -0.4 is 4.74 Å². The van der Waals surface area contributed by atoms with E-state index in [0.717, 1.165) is 11.3 Å². The fourth-order valence-electron chi connectivity index (χ4n) is 1.66. The van der Waals surface area contributed by atoms with E-state index in [-0.39, 0.29) is 12.2 Å². The highest BCUT2D eigenvalue weighted by atomic mass is 16.5. The van der Waals surface area contributed by atoms with Crippen LogP contribution in [-0.4, -0.2) is 19.7 Å². The van der Waals surface area contributed by atoms with Crippen molar-refractivity contribution in [3.05, 3.63) is 41.0 Å². The first-order valence-electron chi connectivity index (χ1n) is 6.02. The molecule has 0 aliphatic rings. The van der Waals surface area contributed by atoms with Crippen molar-refractivity contribution < 1.29 is 14.3 Å². The van der Waals surface area contributed by atoms with Crippen molar-refractivity contribution in [2.75, 3.05) is 13.7 Å². The number of hydrogen-bond donors (Lipinski definition) is 0. The van der Waals surface area contributed by atoms with Gasteiger partial charge < -0.3 is 9.47 Å². The highest BCUT2D eigenvalue weighted by molar-refractivity contribution is 5.93. The van der Waals surface area contributed by atoms with Gasteiger partial charge in [0.2, 0.25) is 0 Å². The maximum absolute atomic E-state index is 11.6. The second kappa shape index (κ2) is 7.22. The van der Waals surface area contributed by atoms with E-state index in [0.29, 0.717) is 12.0 Å². The van der Waals surface area contributed by atoms with Gasteiger partial charge in [0.1, 0.15) is 17.4 Å². The minimum atomic E-state index is -0.559. The SMILES string of the molecule is CCOC(=O)C(C#N)=C(C)Cc1ccc(OC)cc1. The van der Waals surface area contributed by atoms with Gasteiger partial charge in [0.25, 0.3) is 0 Å². The van der Waals surface area contributed by atoms with Gasteiger partial charge in [0.15, 0.2) is 0 Å². The molecule has 0 unspecified atom stereocenters. The Kier molecular flexibility index (Phi) is 5.62. The van der Waals surface area contributed by atoms with E-state index >= 15 is 0 Å². The molecule has 4 nitrogen and oxygen atoms in total. The van der Waals surface area contributed by atoms with Gasteiger partial charge in [-0.3, -0.25) is 0 Å². The lowest BCUT2D eigenvalue weighted by Gasteiger charge is -2.06. The molecule has 19 heavy (non-hydrogen) atoms. The summed E-state index contributed by atoms with van der Waals surface area (Å²) in [4.78, 5) is 11.6. The van der Waals surface area contributed by atoms with E-state index in [1.165, 1.54) is 0 Å². The molecule has 0 spiro atoms. The summed E-state index contributed by atoms with van der Waals surface area (Å²) in [6, 6.07) is 9.41. The number of rotatable bonds is 5. The first kappa shape index (κ1) is 14.8. The molecule has 0 amide bonds. The molecule has 0 saturated carbocycles. The van der Waals surface area contributed by atoms with Crippen molar-refractivity contribution in [3.8, 4) is 11.8 Å². The van der Waals surface area contributed by atoms with E-state index < -0.39 is 5.97 Å². The number of carbonyl (C=O) groups excluding carboxylic acids is 1. The molecule has 100 valence electrons. The van der Waals surface area contributed by atoms with Crippen molar-refractivity contribution in [2.45, 2.75) is 20.3 Å². The van der Waals surface area contributed by atoms with Gasteiger partial charge in [-0.05, 0) is 43.5 Å². The predicted molar refractivity (Wildman–Crippen MR) is 71.6 cm³/mol. The monoisotopic (exact) mass is 259 g/mol. The van der Waals surface area contributed by atoms with Gasteiger partial charge >= 0.3 is 5.97 Å². The molecule has 0 saturated heterocycles. The fourth-order valence-corrected chi connectivity index (χ4v) is 1.66. The number of hydrogen-bond acceptors (Lipinski definition) is 4. The number of benzene rings is 1. The summed E-state index contributed by atoms with van der Waals surface area (Å²) in [5.74, 6) is 0.215. The maximum atomic E-state index is 11.6. The van der Waals surface area contributed by atoms with E-state index in [4.69, 9.17) is 14.7 Å². The zero-order valence-corrected chi connectivity index (χ0v) is 11.4. The Morgan fingerprint density at radius 1 is 1.32 bits per heavy atom. The molecule has 0 radical (unpaired) electrons. The molecule has 0 atom stereocenters. The Balaban J connectivity index is 2.88. The van der Waals surface area contributed by atoms with Gasteiger partial charge in [-0.2, -0.15) is 5.26 Å². The molecule has 0 heterocycles. The standard InChI is InChI=1S/C15H17NO3/c1-4-19-15(17)14(10-16)11(2)9-12-5-7-13(18-3)8-6-12/h5-8H,4,9H2,1-3H3. The number of nitrogens with zero attached hydrogens (tertiary/aromatic N) is 1. The van der Waals surface area contributed by atoms with E-state index in [2.05, 4.69) is 0 Å². The molecule has 0 fully saturated rings. The van der Waals surface area contributed by atoms with Crippen LogP contribution in [0.4, 0.5) is 0 Å². The average Bonchev–Trinajstić information content (AvgIpc) is 2.40. The molecule has 0 N–H and O–H groups in total. The summed E-state index contributed by atoms with van der Waals surface area (Å²) in [6.07, 6.45) is 0.533. The topological polar surface area (TPSA) is 59.3 Å². The van der Waals surface area contributed by atoms with Crippen molar-refractivity contribution in [1.29, 1.82) is 5.26 Å². The number of carbonyl (C=O) groups is 1. The third-order valence-corrected chi connectivity index (χ3v) is 2.65. The number of nitriles is 1. The van der Waals surface area contributed by atoms with E-state index in [1.807, 2.05) is 30.3 Å². The van der Waals surface area contributed by atoms with E-state index in [9.17, 15) is 4.79 Å². The molecule has 1 aromatic carbocycles. The lowest BCUT2D eigenvalue weighted by Crippen LogP contribution is -2.09. The Morgan fingerprint density at radius 2 is 1.95 bits per heavy atom. The van der Waals surface area contributed by atoms with Crippen LogP contribution in [0.1, 0.15) is 19.4 Å². The maximum Gasteiger partial charge on any atom is 0.348 e. The Labute approximate surface area is 113 Å². The minimum Gasteiger partial charge on any atom is -0.497 e. The molecule has 4 heteroatoms. The summed E-state index contributed by atoms with van der Waals surface area (Å²) < 4.78 is 9.93. The number of methoxy groups -OCH3 is 1. The molecule has 1 aromatic rings. The normalized spacial score (nSPS) is 11.3. The van der Waals surface area contributed by atoms with Gasteiger partial charge in [0, 0.05) is 0 Å². The predicted octanol–water partition coefficient (Wildman–Crippen LogP) is 2.64. The Morgan fingerprint density at radius 3 is 2.42 bits per heavy atom. The van der Waals surface area contributed by atoms with E-state index in [1.54, 1.807) is 21.0 Å². The smallest absolute Gasteiger partial charge is 0.348 e. The molecule has 0 aliphatic carbocycles. The quantitative estimate of drug-likeness (QED) is 0.463. The average molecular weight is 259 g/mol. The highest BCUT2D eigenvalue weighted by Crippen LogP contribution is 2.16. The lowest BCUT2D eigenvalue weighted by molar-refractivity contribution is -0.138. The molecule has 1 rings (SSSR count). The second-order valence-electron chi connectivity index (χ2n) is 4.01. The first-order valence-corrected chi connectivity index (χ1v) is 6.02. The summed E-state index contributed by atoms with van der Waals surface area (Å²) in [7, 11) is 1.61. The van der Waals surface area contributed by atoms with Crippen molar-refractivity contribution in [1.82, 2.24) is 0 Å². The summed E-state index contributed by atoms with van der Waals surface area (Å²) in [6.45, 7) is 3.74. The van der Waals surface area contributed by atoms with Crippen LogP contribution in [0.3, 0.4) is 0 Å². The van der Waals surface area contributed by atoms with Crippen molar-refractivity contribution in [2.24, 2.45) is 0 Å². The molecule has 0 aliphatic heterocycles. The van der Waals surface area contributed by atoms with Gasteiger partial charge in [-0.1, -0.05) is 12.1 Å². The van der Waals surface area contributed by atoms with Crippen LogP contribution in [0.25, 0.3) is 0 Å². The zero-order valence-electron chi connectivity index (χ0n) is 11.4. The van der Waals surface area contributed by atoms with Crippen molar-refractivity contribution >= 4 is 5.97 Å².